The highest BCUT2D eigenvalue weighted by atomic mass is 16.5. The Balaban J connectivity index is 1.01. The van der Waals surface area contributed by atoms with Crippen molar-refractivity contribution in [1.82, 2.24) is 30.7 Å². The van der Waals surface area contributed by atoms with Crippen LogP contribution in [0.15, 0.2) is 79.0 Å². The lowest BCUT2D eigenvalue weighted by Gasteiger charge is -2.26. The first-order valence-corrected chi connectivity index (χ1v) is 18.9. The minimum absolute atomic E-state index is 0.230. The fourth-order valence-electron chi connectivity index (χ4n) is 7.17. The number of anilines is 1. The van der Waals surface area contributed by atoms with Gasteiger partial charge in [-0.05, 0) is 105 Å². The molecular formula is C42H49N7O4. The summed E-state index contributed by atoms with van der Waals surface area (Å²) in [6.45, 7) is 8.87. The molecule has 4 heterocycles. The summed E-state index contributed by atoms with van der Waals surface area (Å²) >= 11 is 0. The van der Waals surface area contributed by atoms with E-state index in [1.54, 1.807) is 24.3 Å². The molecule has 11 nitrogen and oxygen atoms in total. The maximum absolute atomic E-state index is 13.6. The number of nitrogens with zero attached hydrogens (tertiary/aromatic N) is 3. The first-order valence-electron chi connectivity index (χ1n) is 18.9. The van der Waals surface area contributed by atoms with Crippen LogP contribution in [0.2, 0.25) is 0 Å². The number of amides is 2. The van der Waals surface area contributed by atoms with Crippen molar-refractivity contribution in [3.05, 3.63) is 107 Å². The number of carbonyl (C=O) groups excluding carboxylic acids is 2. The number of pyridine rings is 1. The summed E-state index contributed by atoms with van der Waals surface area (Å²) in [7, 11) is 0. The lowest BCUT2D eigenvalue weighted by molar-refractivity contribution is 0.0904. The first kappa shape index (κ1) is 36.1. The van der Waals surface area contributed by atoms with Gasteiger partial charge in [-0.2, -0.15) is 5.10 Å². The largest absolute Gasteiger partial charge is 0.490 e. The Morgan fingerprint density at radius 3 is 2.30 bits per heavy atom. The third kappa shape index (κ3) is 8.69. The van der Waals surface area contributed by atoms with Crippen LogP contribution in [0.1, 0.15) is 77.1 Å². The number of fused-ring (bicyclic) bond motifs is 1. The normalized spacial score (nSPS) is 15.3. The molecule has 0 radical (unpaired) electrons. The second-order valence-electron chi connectivity index (χ2n) is 13.7. The van der Waals surface area contributed by atoms with E-state index in [1.165, 1.54) is 0 Å². The van der Waals surface area contributed by atoms with Crippen molar-refractivity contribution in [3.63, 3.8) is 0 Å². The molecule has 0 bridgehead atoms. The average Bonchev–Trinajstić information content (AvgIpc) is 3.63. The lowest BCUT2D eigenvalue weighted by atomic mass is 10.0. The second kappa shape index (κ2) is 17.0. The molecule has 5 aromatic rings. The summed E-state index contributed by atoms with van der Waals surface area (Å²) in [5.41, 5.74) is 7.59. The summed E-state index contributed by atoms with van der Waals surface area (Å²) in [6, 6.07) is 23.4. The van der Waals surface area contributed by atoms with Crippen LogP contribution in [-0.2, 0) is 30.8 Å². The third-order valence-electron chi connectivity index (χ3n) is 10.1. The third-order valence-corrected chi connectivity index (χ3v) is 10.1. The molecule has 2 amide bonds. The number of aryl methyl sites for hydroxylation is 2. The molecule has 0 atom stereocenters. The van der Waals surface area contributed by atoms with Gasteiger partial charge in [0.2, 0.25) is 0 Å². The van der Waals surface area contributed by atoms with E-state index in [9.17, 15) is 9.59 Å². The van der Waals surface area contributed by atoms with E-state index in [-0.39, 0.29) is 30.5 Å². The Kier molecular flexibility index (Phi) is 11.6. The van der Waals surface area contributed by atoms with Gasteiger partial charge in [0.1, 0.15) is 11.9 Å². The van der Waals surface area contributed by atoms with E-state index in [1.807, 2.05) is 35.1 Å². The fraction of sp³-hybridized carbons (Fsp3) is 0.381. The molecule has 0 spiro atoms. The smallest absolute Gasteiger partial charge is 0.251 e. The highest BCUT2D eigenvalue weighted by molar-refractivity contribution is 6.00. The minimum atomic E-state index is -0.262. The van der Waals surface area contributed by atoms with E-state index in [2.05, 4.69) is 64.5 Å². The highest BCUT2D eigenvalue weighted by Gasteiger charge is 2.22. The van der Waals surface area contributed by atoms with E-state index in [4.69, 9.17) is 14.5 Å². The number of ether oxygens (including phenoxy) is 2. The van der Waals surface area contributed by atoms with E-state index < -0.39 is 0 Å². The van der Waals surface area contributed by atoms with Gasteiger partial charge in [-0.1, -0.05) is 43.3 Å². The topological polar surface area (TPSA) is 131 Å². The van der Waals surface area contributed by atoms with E-state index in [0.717, 1.165) is 89.2 Å². The van der Waals surface area contributed by atoms with Crippen LogP contribution < -0.4 is 26.0 Å². The van der Waals surface area contributed by atoms with Gasteiger partial charge < -0.3 is 30.7 Å². The number of aromatic nitrogens is 3. The maximum Gasteiger partial charge on any atom is 0.251 e. The van der Waals surface area contributed by atoms with Crippen LogP contribution in [-0.4, -0.2) is 65.0 Å². The first-order chi connectivity index (χ1) is 26.0. The molecule has 3 aromatic carbocycles. The van der Waals surface area contributed by atoms with Crippen LogP contribution in [0.3, 0.4) is 0 Å². The second-order valence-corrected chi connectivity index (χ2v) is 13.7. The van der Waals surface area contributed by atoms with Crippen LogP contribution in [0.4, 0.5) is 5.69 Å². The van der Waals surface area contributed by atoms with Crippen LogP contribution in [0.5, 0.6) is 5.75 Å². The Hall–Kier alpha value is -5.26. The number of benzene rings is 3. The molecule has 2 aromatic heterocycles. The molecule has 0 aliphatic carbocycles. The Morgan fingerprint density at radius 2 is 1.57 bits per heavy atom. The average molecular weight is 716 g/mol. The van der Waals surface area contributed by atoms with Gasteiger partial charge in [0, 0.05) is 61.3 Å². The Morgan fingerprint density at radius 1 is 0.868 bits per heavy atom. The van der Waals surface area contributed by atoms with Crippen molar-refractivity contribution in [2.24, 2.45) is 0 Å². The molecule has 0 saturated carbocycles. The molecule has 2 aliphatic heterocycles. The molecule has 0 unspecified atom stereocenters. The van der Waals surface area contributed by atoms with Gasteiger partial charge >= 0.3 is 0 Å². The van der Waals surface area contributed by atoms with Gasteiger partial charge in [0.15, 0.2) is 5.65 Å². The Bertz CT molecular complexity index is 2050. The number of piperidine rings is 1. The standard InChI is InChI=1S/C42H49N7O4/c1-3-38-36(39(47-33-16-20-52-21-17-33)37-27-46-49(4-2)40(37)48-38)26-45-42(51)32-12-6-11-31(23-32)41(50)44-25-28-8-5-9-29(22-28)30-10-7-13-35(24-30)53-34-14-18-43-19-15-34/h5-13,22-24,27,33-34,43H,3-4,14-21,25-26H2,1-2H3,(H,44,50)(H,45,51)(H,47,48). The molecule has 11 heteroatoms. The molecule has 53 heavy (non-hydrogen) atoms. The minimum Gasteiger partial charge on any atom is -0.490 e. The quantitative estimate of drug-likeness (QED) is 0.112. The van der Waals surface area contributed by atoms with Gasteiger partial charge in [0.05, 0.1) is 17.3 Å². The van der Waals surface area contributed by atoms with Crippen LogP contribution in [0, 0.1) is 0 Å². The monoisotopic (exact) mass is 715 g/mol. The molecule has 2 saturated heterocycles. The molecule has 7 rings (SSSR count). The van der Waals surface area contributed by atoms with Crippen molar-refractivity contribution in [1.29, 1.82) is 0 Å². The number of nitrogens with one attached hydrogen (secondary N) is 4. The lowest BCUT2D eigenvalue weighted by Crippen LogP contribution is -2.34. The van der Waals surface area contributed by atoms with Crippen molar-refractivity contribution in [2.75, 3.05) is 31.6 Å². The van der Waals surface area contributed by atoms with Crippen molar-refractivity contribution >= 4 is 28.5 Å². The number of carbonyl (C=O) groups is 2. The van der Waals surface area contributed by atoms with E-state index in [0.29, 0.717) is 43.9 Å². The number of hydrogen-bond donors (Lipinski definition) is 4. The van der Waals surface area contributed by atoms with Crippen molar-refractivity contribution in [3.8, 4) is 16.9 Å². The Labute approximate surface area is 310 Å². The van der Waals surface area contributed by atoms with E-state index >= 15 is 0 Å². The summed E-state index contributed by atoms with van der Waals surface area (Å²) < 4.78 is 13.8. The zero-order chi connectivity index (χ0) is 36.6. The maximum atomic E-state index is 13.6. The highest BCUT2D eigenvalue weighted by Crippen LogP contribution is 2.31. The molecule has 4 N–H and O–H groups in total. The summed E-state index contributed by atoms with van der Waals surface area (Å²) in [4.78, 5) is 31.9. The molecular weight excluding hydrogens is 667 g/mol. The SMILES string of the molecule is CCc1nc2c(cnn2CC)c(NC2CCOCC2)c1CNC(=O)c1cccc(C(=O)NCc2cccc(-c3cccc(OC4CCNCC4)c3)c2)c1. The predicted octanol–water partition coefficient (Wildman–Crippen LogP) is 6.26. The molecule has 276 valence electrons. The summed E-state index contributed by atoms with van der Waals surface area (Å²) in [5.74, 6) is 0.361. The van der Waals surface area contributed by atoms with Gasteiger partial charge in [-0.3, -0.25) is 9.59 Å². The number of hydrogen-bond acceptors (Lipinski definition) is 8. The van der Waals surface area contributed by atoms with Crippen LogP contribution in [0.25, 0.3) is 22.2 Å². The molecule has 2 aliphatic rings. The van der Waals surface area contributed by atoms with Crippen LogP contribution >= 0.6 is 0 Å². The predicted molar refractivity (Wildman–Crippen MR) is 207 cm³/mol. The van der Waals surface area contributed by atoms with Gasteiger partial charge in [-0.15, -0.1) is 0 Å². The van der Waals surface area contributed by atoms with Gasteiger partial charge in [0.25, 0.3) is 11.8 Å². The zero-order valence-electron chi connectivity index (χ0n) is 30.6. The number of rotatable bonds is 13. The van der Waals surface area contributed by atoms with Crippen molar-refractivity contribution < 1.29 is 19.1 Å². The molecule has 2 fully saturated rings. The van der Waals surface area contributed by atoms with Crippen molar-refractivity contribution in [2.45, 2.75) is 77.7 Å². The summed E-state index contributed by atoms with van der Waals surface area (Å²) in [6.07, 6.45) is 6.61. The zero-order valence-corrected chi connectivity index (χ0v) is 30.6. The summed E-state index contributed by atoms with van der Waals surface area (Å²) in [5, 5.41) is 18.8. The fourth-order valence-corrected chi connectivity index (χ4v) is 7.17. The van der Waals surface area contributed by atoms with Gasteiger partial charge in [-0.25, -0.2) is 9.67 Å².